The van der Waals surface area contributed by atoms with Crippen LogP contribution in [-0.4, -0.2) is 6.36 Å². The van der Waals surface area contributed by atoms with Crippen molar-refractivity contribution < 1.29 is 26.7 Å². The van der Waals surface area contributed by atoms with Crippen LogP contribution in [0.3, 0.4) is 0 Å². The molecule has 0 aliphatic rings. The fourth-order valence-corrected chi connectivity index (χ4v) is 1.84. The van der Waals surface area contributed by atoms with Crippen LogP contribution in [0.25, 0.3) is 11.1 Å². The topological polar surface area (TPSA) is 35.2 Å². The van der Waals surface area contributed by atoms with Gasteiger partial charge in [0.15, 0.2) is 0 Å². The summed E-state index contributed by atoms with van der Waals surface area (Å²) < 4.78 is 65.7. The van der Waals surface area contributed by atoms with Crippen LogP contribution in [0.4, 0.5) is 27.6 Å². The van der Waals surface area contributed by atoms with Gasteiger partial charge in [-0.25, -0.2) is 8.78 Å². The summed E-state index contributed by atoms with van der Waals surface area (Å²) in [7, 11) is 0. The zero-order valence-electron chi connectivity index (χ0n) is 10.5. The van der Waals surface area contributed by atoms with Crippen molar-refractivity contribution in [2.75, 3.05) is 5.73 Å². The van der Waals surface area contributed by atoms with Crippen molar-refractivity contribution in [2.24, 2.45) is 0 Å². The molecule has 2 nitrogen and oxygen atoms in total. The van der Waals surface area contributed by atoms with E-state index in [4.69, 9.17) is 5.73 Å². The Morgan fingerprint density at radius 2 is 1.67 bits per heavy atom. The van der Waals surface area contributed by atoms with E-state index in [1.54, 1.807) is 0 Å². The molecule has 0 aromatic heterocycles. The first kappa shape index (κ1) is 15.1. The summed E-state index contributed by atoms with van der Waals surface area (Å²) in [5.74, 6) is -0.430. The number of hydrogen-bond acceptors (Lipinski definition) is 2. The van der Waals surface area contributed by atoms with Crippen LogP contribution in [0.15, 0.2) is 42.5 Å². The number of rotatable bonds is 3. The summed E-state index contributed by atoms with van der Waals surface area (Å²) in [6, 6.07) is 8.74. The first-order chi connectivity index (χ1) is 9.74. The fourth-order valence-electron chi connectivity index (χ4n) is 1.84. The average Bonchev–Trinajstić information content (AvgIpc) is 2.36. The number of anilines is 1. The van der Waals surface area contributed by atoms with Gasteiger partial charge >= 0.3 is 6.36 Å². The Morgan fingerprint density at radius 1 is 0.952 bits per heavy atom. The Labute approximate surface area is 116 Å². The molecule has 7 heteroatoms. The molecule has 0 aliphatic heterocycles. The van der Waals surface area contributed by atoms with Crippen LogP contribution in [0.2, 0.25) is 0 Å². The van der Waals surface area contributed by atoms with Gasteiger partial charge in [0.1, 0.15) is 5.75 Å². The second-order valence-electron chi connectivity index (χ2n) is 4.26. The van der Waals surface area contributed by atoms with Crippen molar-refractivity contribution >= 4 is 5.69 Å². The summed E-state index contributed by atoms with van der Waals surface area (Å²) in [5, 5.41) is 0. The fraction of sp³-hybridized carbons (Fsp3) is 0.143. The maximum absolute atomic E-state index is 12.7. The van der Waals surface area contributed by atoms with Crippen molar-refractivity contribution in [1.82, 2.24) is 0 Å². The van der Waals surface area contributed by atoms with Gasteiger partial charge in [0.2, 0.25) is 0 Å². The Kier molecular flexibility index (Phi) is 4.02. The standard InChI is InChI=1S/C14H10F5NO/c15-13(16)10-4-9(5-11(20)6-10)8-2-1-3-12(7-8)21-14(17,18)19/h1-7,13H,20H2. The Morgan fingerprint density at radius 3 is 2.29 bits per heavy atom. The van der Waals surface area contributed by atoms with E-state index in [9.17, 15) is 22.0 Å². The van der Waals surface area contributed by atoms with Gasteiger partial charge in [-0.1, -0.05) is 12.1 Å². The van der Waals surface area contributed by atoms with E-state index in [0.717, 1.165) is 18.2 Å². The van der Waals surface area contributed by atoms with Gasteiger partial charge in [-0.15, -0.1) is 13.2 Å². The number of nitrogen functional groups attached to an aromatic ring is 1. The van der Waals surface area contributed by atoms with Crippen LogP contribution in [0.1, 0.15) is 12.0 Å². The second-order valence-corrected chi connectivity index (χ2v) is 4.26. The van der Waals surface area contributed by atoms with E-state index < -0.39 is 18.5 Å². The smallest absolute Gasteiger partial charge is 0.406 e. The Balaban J connectivity index is 2.40. The summed E-state index contributed by atoms with van der Waals surface area (Å²) in [6.07, 6.45) is -7.54. The maximum Gasteiger partial charge on any atom is 0.573 e. The molecule has 2 aromatic carbocycles. The Bertz CT molecular complexity index is 640. The van der Waals surface area contributed by atoms with Crippen molar-refractivity contribution in [1.29, 1.82) is 0 Å². The van der Waals surface area contributed by atoms with E-state index in [-0.39, 0.29) is 16.8 Å². The molecular formula is C14H10F5NO. The third-order valence-electron chi connectivity index (χ3n) is 2.63. The zero-order chi connectivity index (χ0) is 15.6. The van der Waals surface area contributed by atoms with Crippen molar-refractivity contribution in [3.05, 3.63) is 48.0 Å². The van der Waals surface area contributed by atoms with Crippen LogP contribution in [-0.2, 0) is 0 Å². The summed E-state index contributed by atoms with van der Waals surface area (Å²) in [6.45, 7) is 0. The van der Waals surface area contributed by atoms with Gasteiger partial charge < -0.3 is 10.5 Å². The number of halogens is 5. The van der Waals surface area contributed by atoms with Gasteiger partial charge in [-0.05, 0) is 41.5 Å². The molecule has 112 valence electrons. The molecule has 0 bridgehead atoms. The number of nitrogens with two attached hydrogens (primary N) is 1. The largest absolute Gasteiger partial charge is 0.573 e. The lowest BCUT2D eigenvalue weighted by Crippen LogP contribution is -2.17. The lowest BCUT2D eigenvalue weighted by atomic mass is 10.0. The first-order valence-electron chi connectivity index (χ1n) is 5.79. The van der Waals surface area contributed by atoms with Crippen molar-refractivity contribution in [2.45, 2.75) is 12.8 Å². The summed E-state index contributed by atoms with van der Waals surface area (Å²) in [5.41, 5.74) is 5.92. The number of hydrogen-bond donors (Lipinski definition) is 1. The lowest BCUT2D eigenvalue weighted by Gasteiger charge is -2.11. The molecule has 0 saturated heterocycles. The van der Waals surface area contributed by atoms with Gasteiger partial charge in [0.25, 0.3) is 6.43 Å². The van der Waals surface area contributed by atoms with Crippen LogP contribution in [0.5, 0.6) is 5.75 Å². The molecule has 2 N–H and O–H groups in total. The second kappa shape index (κ2) is 5.59. The van der Waals surface area contributed by atoms with E-state index in [0.29, 0.717) is 5.56 Å². The minimum atomic E-state index is -4.82. The van der Waals surface area contributed by atoms with Crippen LogP contribution >= 0.6 is 0 Å². The molecule has 0 saturated carbocycles. The number of ether oxygens (including phenoxy) is 1. The monoisotopic (exact) mass is 303 g/mol. The highest BCUT2D eigenvalue weighted by atomic mass is 19.4. The highest BCUT2D eigenvalue weighted by Crippen LogP contribution is 2.31. The minimum absolute atomic E-state index is 0.102. The molecule has 0 amide bonds. The quantitative estimate of drug-likeness (QED) is 0.654. The van der Waals surface area contributed by atoms with E-state index in [2.05, 4.69) is 4.74 Å². The third kappa shape index (κ3) is 4.08. The third-order valence-corrected chi connectivity index (χ3v) is 2.63. The van der Waals surface area contributed by atoms with Gasteiger partial charge in [-0.2, -0.15) is 0 Å². The first-order valence-corrected chi connectivity index (χ1v) is 5.79. The van der Waals surface area contributed by atoms with E-state index in [1.807, 2.05) is 0 Å². The van der Waals surface area contributed by atoms with Crippen LogP contribution < -0.4 is 10.5 Å². The lowest BCUT2D eigenvalue weighted by molar-refractivity contribution is -0.274. The highest BCUT2D eigenvalue weighted by molar-refractivity contribution is 5.69. The predicted molar refractivity (Wildman–Crippen MR) is 67.9 cm³/mol. The molecule has 2 rings (SSSR count). The SMILES string of the molecule is Nc1cc(-c2cccc(OC(F)(F)F)c2)cc(C(F)F)c1. The molecule has 21 heavy (non-hydrogen) atoms. The normalized spacial score (nSPS) is 11.7. The molecule has 0 aliphatic carbocycles. The Hall–Kier alpha value is -2.31. The van der Waals surface area contributed by atoms with Crippen molar-refractivity contribution in [3.63, 3.8) is 0 Å². The summed E-state index contributed by atoms with van der Waals surface area (Å²) in [4.78, 5) is 0. The van der Waals surface area contributed by atoms with E-state index in [1.165, 1.54) is 24.3 Å². The molecule has 0 spiro atoms. The van der Waals surface area contributed by atoms with E-state index >= 15 is 0 Å². The van der Waals surface area contributed by atoms with Gasteiger partial charge in [0.05, 0.1) is 0 Å². The average molecular weight is 303 g/mol. The molecule has 0 fully saturated rings. The molecule has 0 radical (unpaired) electrons. The minimum Gasteiger partial charge on any atom is -0.406 e. The highest BCUT2D eigenvalue weighted by Gasteiger charge is 2.31. The van der Waals surface area contributed by atoms with Gasteiger partial charge in [-0.3, -0.25) is 0 Å². The molecule has 0 heterocycles. The van der Waals surface area contributed by atoms with Crippen molar-refractivity contribution in [3.8, 4) is 16.9 Å². The number of alkyl halides is 5. The van der Waals surface area contributed by atoms with Crippen LogP contribution in [0, 0.1) is 0 Å². The molecular weight excluding hydrogens is 293 g/mol. The predicted octanol–water partition coefficient (Wildman–Crippen LogP) is 4.77. The van der Waals surface area contributed by atoms with Gasteiger partial charge in [0, 0.05) is 11.3 Å². The zero-order valence-corrected chi connectivity index (χ0v) is 10.5. The number of benzene rings is 2. The molecule has 2 aromatic rings. The molecule has 0 unspecified atom stereocenters. The summed E-state index contributed by atoms with van der Waals surface area (Å²) >= 11 is 0. The molecule has 0 atom stereocenters. The maximum atomic E-state index is 12.7.